The van der Waals surface area contributed by atoms with Crippen LogP contribution < -0.4 is 0 Å². The highest BCUT2D eigenvalue weighted by molar-refractivity contribution is 5.75. The molecule has 0 aromatic heterocycles. The second-order valence-corrected chi connectivity index (χ2v) is 3.98. The maximum absolute atomic E-state index is 11.3. The van der Waals surface area contributed by atoms with Crippen molar-refractivity contribution in [1.82, 2.24) is 4.90 Å². The fraction of sp³-hybridized carbons (Fsp3) is 0.900. The predicted molar refractivity (Wildman–Crippen MR) is 53.6 cm³/mol. The number of nitrogens with zero attached hydrogens (tertiary/aromatic N) is 1. The molecule has 1 atom stereocenters. The minimum absolute atomic E-state index is 0.0353. The molecule has 1 unspecified atom stereocenters. The van der Waals surface area contributed by atoms with Gasteiger partial charge in [0, 0.05) is 5.54 Å². The molecule has 0 amide bonds. The van der Waals surface area contributed by atoms with Gasteiger partial charge < -0.3 is 4.74 Å². The zero-order valence-electron chi connectivity index (χ0n) is 9.55. The Labute approximate surface area is 81.1 Å². The van der Waals surface area contributed by atoms with Crippen LogP contribution in [-0.2, 0) is 9.53 Å². The van der Waals surface area contributed by atoms with Crippen molar-refractivity contribution < 1.29 is 9.53 Å². The molecule has 0 rings (SSSR count). The summed E-state index contributed by atoms with van der Waals surface area (Å²) in [5, 5.41) is 0. The first-order valence-corrected chi connectivity index (χ1v) is 4.67. The van der Waals surface area contributed by atoms with Crippen molar-refractivity contribution in [1.29, 1.82) is 0 Å². The van der Waals surface area contributed by atoms with Gasteiger partial charge in [0.05, 0.1) is 7.11 Å². The number of carbonyl (C=O) groups is 1. The topological polar surface area (TPSA) is 29.5 Å². The number of rotatable bonds is 4. The third kappa shape index (κ3) is 2.99. The molecule has 78 valence electrons. The molecule has 0 aliphatic heterocycles. The van der Waals surface area contributed by atoms with Crippen LogP contribution in [0.15, 0.2) is 0 Å². The van der Waals surface area contributed by atoms with Crippen LogP contribution in [-0.4, -0.2) is 36.6 Å². The molecule has 0 aromatic carbocycles. The van der Waals surface area contributed by atoms with Gasteiger partial charge in [0.1, 0.15) is 6.04 Å². The van der Waals surface area contributed by atoms with E-state index in [1.54, 1.807) is 0 Å². The molecule has 3 heteroatoms. The van der Waals surface area contributed by atoms with Crippen LogP contribution in [0.3, 0.4) is 0 Å². The molecule has 0 spiro atoms. The first-order valence-electron chi connectivity index (χ1n) is 4.67. The lowest BCUT2D eigenvalue weighted by Crippen LogP contribution is -2.49. The van der Waals surface area contributed by atoms with Gasteiger partial charge in [-0.05, 0) is 34.2 Å². The second-order valence-electron chi connectivity index (χ2n) is 3.98. The normalized spacial score (nSPS) is 14.4. The summed E-state index contributed by atoms with van der Waals surface area (Å²) in [6.45, 7) is 8.21. The monoisotopic (exact) mass is 187 g/mol. The Balaban J connectivity index is 4.41. The van der Waals surface area contributed by atoms with E-state index in [2.05, 4.69) is 20.8 Å². The number of likely N-dealkylation sites (N-methyl/N-ethyl adjacent to an activating group) is 1. The lowest BCUT2D eigenvalue weighted by Gasteiger charge is -2.37. The Morgan fingerprint density at radius 2 is 2.00 bits per heavy atom. The zero-order chi connectivity index (χ0) is 10.6. The van der Waals surface area contributed by atoms with Gasteiger partial charge in [-0.2, -0.15) is 0 Å². The SMILES string of the molecule is CCC(C)(C)N(C)C(C)C(=O)OC. The van der Waals surface area contributed by atoms with E-state index >= 15 is 0 Å². The quantitative estimate of drug-likeness (QED) is 0.627. The van der Waals surface area contributed by atoms with E-state index in [9.17, 15) is 4.79 Å². The van der Waals surface area contributed by atoms with Crippen LogP contribution in [0.5, 0.6) is 0 Å². The average molecular weight is 187 g/mol. The third-order valence-electron chi connectivity index (χ3n) is 2.94. The van der Waals surface area contributed by atoms with E-state index in [0.29, 0.717) is 0 Å². The zero-order valence-corrected chi connectivity index (χ0v) is 9.55. The van der Waals surface area contributed by atoms with Crippen LogP contribution in [0.25, 0.3) is 0 Å². The molecule has 0 aliphatic rings. The van der Waals surface area contributed by atoms with Crippen LogP contribution in [0.4, 0.5) is 0 Å². The minimum Gasteiger partial charge on any atom is -0.468 e. The smallest absolute Gasteiger partial charge is 0.322 e. The molecule has 0 fully saturated rings. The molecule has 0 aromatic rings. The highest BCUT2D eigenvalue weighted by Gasteiger charge is 2.29. The molecule has 0 saturated heterocycles. The van der Waals surface area contributed by atoms with Crippen molar-refractivity contribution in [3.63, 3.8) is 0 Å². The molecule has 0 saturated carbocycles. The molecule has 13 heavy (non-hydrogen) atoms. The van der Waals surface area contributed by atoms with Gasteiger partial charge in [0.15, 0.2) is 0 Å². The van der Waals surface area contributed by atoms with Crippen LogP contribution >= 0.6 is 0 Å². The standard InChI is InChI=1S/C10H21NO2/c1-7-10(3,4)11(5)8(2)9(12)13-6/h8H,7H2,1-6H3. The fourth-order valence-electron chi connectivity index (χ4n) is 1.10. The summed E-state index contributed by atoms with van der Waals surface area (Å²) in [6.07, 6.45) is 1.00. The van der Waals surface area contributed by atoms with E-state index in [1.165, 1.54) is 7.11 Å². The summed E-state index contributed by atoms with van der Waals surface area (Å²) in [7, 11) is 3.37. The lowest BCUT2D eigenvalue weighted by molar-refractivity contribution is -0.147. The molecule has 0 N–H and O–H groups in total. The van der Waals surface area contributed by atoms with E-state index in [4.69, 9.17) is 4.74 Å². The number of esters is 1. The van der Waals surface area contributed by atoms with Gasteiger partial charge in [0.2, 0.25) is 0 Å². The van der Waals surface area contributed by atoms with Gasteiger partial charge in [-0.3, -0.25) is 9.69 Å². The van der Waals surface area contributed by atoms with Crippen molar-refractivity contribution in [3.05, 3.63) is 0 Å². The van der Waals surface area contributed by atoms with Gasteiger partial charge in [-0.25, -0.2) is 0 Å². The molecule has 0 heterocycles. The molecule has 0 radical (unpaired) electrons. The molecular formula is C10H21NO2. The van der Waals surface area contributed by atoms with E-state index in [-0.39, 0.29) is 17.6 Å². The van der Waals surface area contributed by atoms with Crippen LogP contribution in [0, 0.1) is 0 Å². The summed E-state index contributed by atoms with van der Waals surface area (Å²) >= 11 is 0. The Hall–Kier alpha value is -0.570. The number of carbonyl (C=O) groups excluding carboxylic acids is 1. The van der Waals surface area contributed by atoms with Gasteiger partial charge >= 0.3 is 5.97 Å². The highest BCUT2D eigenvalue weighted by atomic mass is 16.5. The number of hydrogen-bond acceptors (Lipinski definition) is 3. The first-order chi connectivity index (χ1) is 5.86. The summed E-state index contributed by atoms with van der Waals surface area (Å²) < 4.78 is 4.69. The van der Waals surface area contributed by atoms with Gasteiger partial charge in [-0.1, -0.05) is 6.92 Å². The maximum Gasteiger partial charge on any atom is 0.322 e. The minimum atomic E-state index is -0.181. The molecule has 0 aliphatic carbocycles. The summed E-state index contributed by atoms with van der Waals surface area (Å²) in [6, 6.07) is -0.181. The molecule has 3 nitrogen and oxygen atoms in total. The Kier molecular flexibility index (Phi) is 4.40. The molecular weight excluding hydrogens is 166 g/mol. The van der Waals surface area contributed by atoms with Gasteiger partial charge in [-0.15, -0.1) is 0 Å². The Bertz CT molecular complexity index is 178. The fourth-order valence-corrected chi connectivity index (χ4v) is 1.10. The number of ether oxygens (including phenoxy) is 1. The number of hydrogen-bond donors (Lipinski definition) is 0. The summed E-state index contributed by atoms with van der Waals surface area (Å²) in [4.78, 5) is 13.3. The predicted octanol–water partition coefficient (Wildman–Crippen LogP) is 1.67. The summed E-state index contributed by atoms with van der Waals surface area (Å²) in [5.41, 5.74) is 0.0353. The summed E-state index contributed by atoms with van der Waals surface area (Å²) in [5.74, 6) is -0.177. The first kappa shape index (κ1) is 12.4. The van der Waals surface area contributed by atoms with Crippen molar-refractivity contribution >= 4 is 5.97 Å². The van der Waals surface area contributed by atoms with E-state index in [1.807, 2.05) is 18.9 Å². The Morgan fingerprint density at radius 1 is 1.54 bits per heavy atom. The van der Waals surface area contributed by atoms with E-state index in [0.717, 1.165) is 6.42 Å². The van der Waals surface area contributed by atoms with Crippen LogP contribution in [0.1, 0.15) is 34.1 Å². The highest BCUT2D eigenvalue weighted by Crippen LogP contribution is 2.19. The lowest BCUT2D eigenvalue weighted by atomic mass is 9.98. The van der Waals surface area contributed by atoms with Crippen molar-refractivity contribution in [2.24, 2.45) is 0 Å². The molecule has 0 bridgehead atoms. The van der Waals surface area contributed by atoms with Crippen molar-refractivity contribution in [2.45, 2.75) is 45.7 Å². The average Bonchev–Trinajstić information content (AvgIpc) is 2.14. The van der Waals surface area contributed by atoms with Gasteiger partial charge in [0.25, 0.3) is 0 Å². The largest absolute Gasteiger partial charge is 0.468 e. The number of methoxy groups -OCH3 is 1. The second kappa shape index (κ2) is 4.61. The van der Waals surface area contributed by atoms with Crippen molar-refractivity contribution in [3.8, 4) is 0 Å². The Morgan fingerprint density at radius 3 is 2.31 bits per heavy atom. The van der Waals surface area contributed by atoms with Crippen molar-refractivity contribution in [2.75, 3.05) is 14.2 Å². The van der Waals surface area contributed by atoms with E-state index < -0.39 is 0 Å². The maximum atomic E-state index is 11.3. The van der Waals surface area contributed by atoms with Crippen LogP contribution in [0.2, 0.25) is 0 Å². The third-order valence-corrected chi connectivity index (χ3v) is 2.94.